The van der Waals surface area contributed by atoms with Crippen molar-refractivity contribution in [1.29, 1.82) is 0 Å². The van der Waals surface area contributed by atoms with Crippen molar-refractivity contribution in [3.05, 3.63) is 53.3 Å². The molecule has 0 saturated heterocycles. The van der Waals surface area contributed by atoms with Crippen LogP contribution in [-0.4, -0.2) is 53.2 Å². The second-order valence-electron chi connectivity index (χ2n) is 5.70. The van der Waals surface area contributed by atoms with E-state index in [1.165, 1.54) is 17.9 Å². The molecule has 2 aromatic rings. The van der Waals surface area contributed by atoms with Gasteiger partial charge in [0.05, 0.1) is 13.7 Å². The van der Waals surface area contributed by atoms with Crippen molar-refractivity contribution in [2.45, 2.75) is 12.6 Å². The Bertz CT molecular complexity index is 815. The van der Waals surface area contributed by atoms with E-state index in [9.17, 15) is 14.4 Å². The van der Waals surface area contributed by atoms with Crippen LogP contribution in [0.15, 0.2) is 36.4 Å². The Balaban J connectivity index is 1.84. The summed E-state index contributed by atoms with van der Waals surface area (Å²) in [5, 5.41) is 6.79. The van der Waals surface area contributed by atoms with Crippen LogP contribution in [0.2, 0.25) is 0 Å². The fourth-order valence-electron chi connectivity index (χ4n) is 2.66. The van der Waals surface area contributed by atoms with Crippen LogP contribution in [0.25, 0.3) is 0 Å². The number of esters is 1. The van der Waals surface area contributed by atoms with E-state index >= 15 is 0 Å². The molecule has 0 fully saturated rings. The average molecular weight is 342 g/mol. The van der Waals surface area contributed by atoms with Crippen LogP contribution in [0.4, 0.5) is 0 Å². The number of carbonyl (C=O) groups excluding carboxylic acids is 3. The minimum Gasteiger partial charge on any atom is -0.467 e. The summed E-state index contributed by atoms with van der Waals surface area (Å²) in [4.78, 5) is 38.3. The predicted octanol–water partition coefficient (Wildman–Crippen LogP) is 0.613. The Morgan fingerprint density at radius 2 is 1.96 bits per heavy atom. The van der Waals surface area contributed by atoms with Crippen molar-refractivity contribution in [3.63, 3.8) is 0 Å². The Hall–Kier alpha value is -3.16. The van der Waals surface area contributed by atoms with Gasteiger partial charge in [-0.15, -0.1) is 0 Å². The van der Waals surface area contributed by atoms with E-state index in [2.05, 4.69) is 10.4 Å². The molecule has 0 aliphatic carbocycles. The smallest absolute Gasteiger partial charge is 0.333 e. The number of aromatic nitrogens is 2. The van der Waals surface area contributed by atoms with Crippen LogP contribution in [0.1, 0.15) is 32.6 Å². The van der Waals surface area contributed by atoms with Crippen molar-refractivity contribution in [2.24, 2.45) is 0 Å². The maximum Gasteiger partial charge on any atom is 0.333 e. The molecule has 0 radical (unpaired) electrons. The molecule has 8 nitrogen and oxygen atoms in total. The van der Waals surface area contributed by atoms with E-state index in [1.807, 2.05) is 6.07 Å². The van der Waals surface area contributed by atoms with Crippen LogP contribution in [0.3, 0.4) is 0 Å². The molecular formula is C17H18N4O4. The molecule has 0 saturated carbocycles. The summed E-state index contributed by atoms with van der Waals surface area (Å²) >= 11 is 0. The number of rotatable bonds is 4. The lowest BCUT2D eigenvalue weighted by molar-refractivity contribution is -0.143. The SMILES string of the molecule is COC(=O)[C@@H](NC(=O)c1cc2n(n1)CCN(C)C2=O)c1ccccc1. The van der Waals surface area contributed by atoms with Crippen LogP contribution in [0, 0.1) is 0 Å². The lowest BCUT2D eigenvalue weighted by atomic mass is 10.1. The fraction of sp³-hybridized carbons (Fsp3) is 0.294. The van der Waals surface area contributed by atoms with E-state index in [-0.39, 0.29) is 11.6 Å². The highest BCUT2D eigenvalue weighted by molar-refractivity contribution is 5.99. The molecule has 25 heavy (non-hydrogen) atoms. The Kier molecular flexibility index (Phi) is 4.51. The quantitative estimate of drug-likeness (QED) is 0.822. The molecule has 0 unspecified atom stereocenters. The number of hydrogen-bond acceptors (Lipinski definition) is 5. The summed E-state index contributed by atoms with van der Waals surface area (Å²) in [6.07, 6.45) is 0. The predicted molar refractivity (Wildman–Crippen MR) is 87.9 cm³/mol. The third-order valence-corrected chi connectivity index (χ3v) is 4.07. The summed E-state index contributed by atoms with van der Waals surface area (Å²) < 4.78 is 6.28. The van der Waals surface area contributed by atoms with Crippen molar-refractivity contribution in [3.8, 4) is 0 Å². The summed E-state index contributed by atoms with van der Waals surface area (Å²) in [5.74, 6) is -1.32. The van der Waals surface area contributed by atoms with E-state index in [1.54, 1.807) is 36.2 Å². The second kappa shape index (κ2) is 6.76. The zero-order chi connectivity index (χ0) is 18.0. The molecule has 1 aromatic heterocycles. The lowest BCUT2D eigenvalue weighted by Gasteiger charge is -2.22. The number of benzene rings is 1. The van der Waals surface area contributed by atoms with Gasteiger partial charge in [0.25, 0.3) is 11.8 Å². The number of methoxy groups -OCH3 is 1. The van der Waals surface area contributed by atoms with Gasteiger partial charge < -0.3 is 15.0 Å². The van der Waals surface area contributed by atoms with Crippen LogP contribution >= 0.6 is 0 Å². The molecule has 2 amide bonds. The third kappa shape index (κ3) is 3.23. The number of nitrogens with zero attached hydrogens (tertiary/aromatic N) is 3. The second-order valence-corrected chi connectivity index (χ2v) is 5.70. The van der Waals surface area contributed by atoms with Gasteiger partial charge >= 0.3 is 5.97 Å². The van der Waals surface area contributed by atoms with E-state index in [0.717, 1.165) is 0 Å². The molecule has 2 heterocycles. The summed E-state index contributed by atoms with van der Waals surface area (Å²) in [7, 11) is 2.95. The normalized spacial score (nSPS) is 14.6. The van der Waals surface area contributed by atoms with Gasteiger partial charge in [-0.25, -0.2) is 4.79 Å². The highest BCUT2D eigenvalue weighted by Gasteiger charge is 2.28. The maximum atomic E-state index is 12.5. The molecule has 1 aromatic carbocycles. The van der Waals surface area contributed by atoms with Gasteiger partial charge in [0.1, 0.15) is 5.69 Å². The summed E-state index contributed by atoms with van der Waals surface area (Å²) in [6.45, 7) is 1.05. The molecule has 1 aliphatic rings. The minimum atomic E-state index is -0.948. The number of ether oxygens (including phenoxy) is 1. The molecule has 1 atom stereocenters. The van der Waals surface area contributed by atoms with Gasteiger partial charge in [-0.1, -0.05) is 30.3 Å². The highest BCUT2D eigenvalue weighted by atomic mass is 16.5. The first-order chi connectivity index (χ1) is 12.0. The largest absolute Gasteiger partial charge is 0.467 e. The van der Waals surface area contributed by atoms with E-state index in [0.29, 0.717) is 24.3 Å². The number of amides is 2. The van der Waals surface area contributed by atoms with Crippen LogP contribution in [0.5, 0.6) is 0 Å². The Morgan fingerprint density at radius 3 is 2.64 bits per heavy atom. The zero-order valence-electron chi connectivity index (χ0n) is 13.9. The van der Waals surface area contributed by atoms with Crippen LogP contribution in [-0.2, 0) is 16.1 Å². The molecule has 1 aliphatic heterocycles. The van der Waals surface area contributed by atoms with E-state index in [4.69, 9.17) is 4.74 Å². The first-order valence-corrected chi connectivity index (χ1v) is 7.78. The molecule has 0 bridgehead atoms. The number of nitrogens with one attached hydrogen (secondary N) is 1. The lowest BCUT2D eigenvalue weighted by Crippen LogP contribution is -2.37. The molecule has 1 N–H and O–H groups in total. The summed E-state index contributed by atoms with van der Waals surface area (Å²) in [6, 6.07) is 9.27. The van der Waals surface area contributed by atoms with Gasteiger partial charge in [-0.2, -0.15) is 5.10 Å². The van der Waals surface area contributed by atoms with Gasteiger partial charge in [0, 0.05) is 19.7 Å². The third-order valence-electron chi connectivity index (χ3n) is 4.07. The average Bonchev–Trinajstić information content (AvgIpc) is 3.08. The number of hydrogen-bond donors (Lipinski definition) is 1. The molecule has 8 heteroatoms. The van der Waals surface area contributed by atoms with Gasteiger partial charge in [0.2, 0.25) is 0 Å². The van der Waals surface area contributed by atoms with Crippen LogP contribution < -0.4 is 5.32 Å². The number of carbonyl (C=O) groups is 3. The van der Waals surface area contributed by atoms with Crippen molar-refractivity contribution in [2.75, 3.05) is 20.7 Å². The highest BCUT2D eigenvalue weighted by Crippen LogP contribution is 2.17. The van der Waals surface area contributed by atoms with Gasteiger partial charge in [0.15, 0.2) is 11.7 Å². The topological polar surface area (TPSA) is 93.5 Å². The van der Waals surface area contributed by atoms with E-state index < -0.39 is 17.9 Å². The first kappa shape index (κ1) is 16.7. The monoisotopic (exact) mass is 342 g/mol. The van der Waals surface area contributed by atoms with Crippen molar-refractivity contribution < 1.29 is 19.1 Å². The molecule has 130 valence electrons. The minimum absolute atomic E-state index is 0.0866. The first-order valence-electron chi connectivity index (χ1n) is 7.78. The fourth-order valence-corrected chi connectivity index (χ4v) is 2.66. The van der Waals surface area contributed by atoms with Gasteiger partial charge in [-0.3, -0.25) is 14.3 Å². The molecule has 3 rings (SSSR count). The maximum absolute atomic E-state index is 12.5. The molecular weight excluding hydrogens is 324 g/mol. The van der Waals surface area contributed by atoms with Crippen molar-refractivity contribution in [1.82, 2.24) is 20.0 Å². The standard InChI is InChI=1S/C17H18N4O4/c1-20-8-9-21-13(16(20)23)10-12(19-21)15(22)18-14(17(24)25-2)11-6-4-3-5-7-11/h3-7,10,14H,8-9H2,1-2H3,(H,18,22)/t14-/m0/s1. The molecule has 0 spiro atoms. The zero-order valence-corrected chi connectivity index (χ0v) is 13.9. The Morgan fingerprint density at radius 1 is 1.24 bits per heavy atom. The van der Waals surface area contributed by atoms with Crippen molar-refractivity contribution >= 4 is 17.8 Å². The van der Waals surface area contributed by atoms with Gasteiger partial charge in [-0.05, 0) is 5.56 Å². The Labute approximate surface area is 144 Å². The number of likely N-dealkylation sites (N-methyl/N-ethyl adjacent to an activating group) is 1. The number of fused-ring (bicyclic) bond motifs is 1. The summed E-state index contributed by atoms with van der Waals surface area (Å²) in [5.41, 5.74) is 1.04.